The molecular weight excluding hydrogens is 194 g/mol. The van der Waals surface area contributed by atoms with Crippen LogP contribution in [0.4, 0.5) is 0 Å². The minimum atomic E-state index is 0.223. The molecule has 0 saturated carbocycles. The van der Waals surface area contributed by atoms with Gasteiger partial charge in [0.05, 0.1) is 12.8 Å². The van der Waals surface area contributed by atoms with Crippen molar-refractivity contribution >= 4 is 11.8 Å². The van der Waals surface area contributed by atoms with Gasteiger partial charge < -0.3 is 4.74 Å². The first kappa shape index (κ1) is 11.4. The van der Waals surface area contributed by atoms with E-state index in [0.717, 1.165) is 5.69 Å². The third-order valence-corrected chi connectivity index (χ3v) is 2.90. The second-order valence-electron chi connectivity index (χ2n) is 4.15. The van der Waals surface area contributed by atoms with Crippen molar-refractivity contribution in [1.82, 2.24) is 4.98 Å². The molecule has 2 nitrogen and oxygen atoms in total. The van der Waals surface area contributed by atoms with Gasteiger partial charge in [0.1, 0.15) is 0 Å². The van der Waals surface area contributed by atoms with E-state index < -0.39 is 0 Å². The third-order valence-electron chi connectivity index (χ3n) is 1.64. The Balaban J connectivity index is 2.89. The topological polar surface area (TPSA) is 22.1 Å². The van der Waals surface area contributed by atoms with Crippen molar-refractivity contribution in [1.29, 1.82) is 0 Å². The van der Waals surface area contributed by atoms with E-state index >= 15 is 0 Å². The van der Waals surface area contributed by atoms with Gasteiger partial charge in [-0.2, -0.15) is 0 Å². The van der Waals surface area contributed by atoms with Crippen molar-refractivity contribution in [2.75, 3.05) is 7.11 Å². The molecule has 0 amide bonds. The first-order valence-corrected chi connectivity index (χ1v) is 5.45. The van der Waals surface area contributed by atoms with Crippen molar-refractivity contribution in [2.45, 2.75) is 37.3 Å². The molecule has 1 heterocycles. The molecule has 3 heteroatoms. The first-order chi connectivity index (χ1) is 6.42. The fourth-order valence-corrected chi connectivity index (χ4v) is 2.07. The summed E-state index contributed by atoms with van der Waals surface area (Å²) in [4.78, 5) is 5.55. The predicted molar refractivity (Wildman–Crippen MR) is 61.1 cm³/mol. The number of rotatable bonds is 2. The summed E-state index contributed by atoms with van der Waals surface area (Å²) in [5, 5.41) is 0. The van der Waals surface area contributed by atoms with Gasteiger partial charge in [-0.15, -0.1) is 11.8 Å². The molecule has 0 aromatic carbocycles. The number of methoxy groups -OCH3 is 1. The lowest BCUT2D eigenvalue weighted by molar-refractivity contribution is 0.396. The Hall–Kier alpha value is -0.700. The van der Waals surface area contributed by atoms with Gasteiger partial charge in [-0.05, 0) is 13.0 Å². The van der Waals surface area contributed by atoms with Crippen molar-refractivity contribution in [2.24, 2.45) is 0 Å². The van der Waals surface area contributed by atoms with E-state index in [9.17, 15) is 0 Å². The molecule has 0 spiro atoms. The molecule has 0 atom stereocenters. The SMILES string of the molecule is COc1ccc(SC(C)(C)C)c(C)n1. The van der Waals surface area contributed by atoms with E-state index in [2.05, 4.69) is 31.8 Å². The normalized spacial score (nSPS) is 11.5. The Kier molecular flexibility index (Phi) is 3.43. The molecule has 1 aromatic rings. The van der Waals surface area contributed by atoms with Gasteiger partial charge in [-0.25, -0.2) is 4.98 Å². The molecule has 0 saturated heterocycles. The number of aryl methyl sites for hydroxylation is 1. The molecule has 0 aliphatic heterocycles. The lowest BCUT2D eigenvalue weighted by Gasteiger charge is -2.18. The van der Waals surface area contributed by atoms with Gasteiger partial charge in [-0.1, -0.05) is 20.8 Å². The van der Waals surface area contributed by atoms with E-state index in [1.165, 1.54) is 4.90 Å². The molecule has 0 N–H and O–H groups in total. The van der Waals surface area contributed by atoms with Crippen LogP contribution in [0.5, 0.6) is 5.88 Å². The molecule has 1 aromatic heterocycles. The van der Waals surface area contributed by atoms with Gasteiger partial charge in [0, 0.05) is 15.7 Å². The fraction of sp³-hybridized carbons (Fsp3) is 0.545. The maximum absolute atomic E-state index is 5.06. The lowest BCUT2D eigenvalue weighted by Crippen LogP contribution is -2.07. The van der Waals surface area contributed by atoms with Gasteiger partial charge in [0.2, 0.25) is 5.88 Å². The highest BCUT2D eigenvalue weighted by molar-refractivity contribution is 8.00. The minimum absolute atomic E-state index is 0.223. The van der Waals surface area contributed by atoms with Crippen LogP contribution in [0.15, 0.2) is 17.0 Å². The fourth-order valence-electron chi connectivity index (χ4n) is 1.08. The molecule has 1 rings (SSSR count). The molecule has 0 unspecified atom stereocenters. The summed E-state index contributed by atoms with van der Waals surface area (Å²) in [5.74, 6) is 0.681. The van der Waals surface area contributed by atoms with Crippen LogP contribution in [0.3, 0.4) is 0 Å². The maximum atomic E-state index is 5.06. The molecular formula is C11H17NOS. The Bertz CT molecular complexity index is 318. The number of ether oxygens (including phenoxy) is 1. The summed E-state index contributed by atoms with van der Waals surface area (Å²) in [5.41, 5.74) is 1.03. The van der Waals surface area contributed by atoms with Crippen LogP contribution in [0.25, 0.3) is 0 Å². The van der Waals surface area contributed by atoms with Crippen molar-refractivity contribution < 1.29 is 4.74 Å². The summed E-state index contributed by atoms with van der Waals surface area (Å²) >= 11 is 1.83. The Morgan fingerprint density at radius 2 is 1.93 bits per heavy atom. The largest absolute Gasteiger partial charge is 0.481 e. The zero-order valence-corrected chi connectivity index (χ0v) is 10.2. The number of hydrogen-bond donors (Lipinski definition) is 0. The molecule has 0 fully saturated rings. The Morgan fingerprint density at radius 3 is 2.36 bits per heavy atom. The number of nitrogens with zero attached hydrogens (tertiary/aromatic N) is 1. The number of aromatic nitrogens is 1. The van der Waals surface area contributed by atoms with Crippen LogP contribution < -0.4 is 4.74 Å². The van der Waals surface area contributed by atoms with Crippen LogP contribution in [0, 0.1) is 6.92 Å². The van der Waals surface area contributed by atoms with Gasteiger partial charge >= 0.3 is 0 Å². The average molecular weight is 211 g/mol. The molecule has 0 aliphatic carbocycles. The van der Waals surface area contributed by atoms with Crippen molar-refractivity contribution in [3.05, 3.63) is 17.8 Å². The van der Waals surface area contributed by atoms with Gasteiger partial charge in [-0.3, -0.25) is 0 Å². The summed E-state index contributed by atoms with van der Waals surface area (Å²) in [6.07, 6.45) is 0. The highest BCUT2D eigenvalue weighted by atomic mass is 32.2. The standard InChI is InChI=1S/C11H17NOS/c1-8-9(14-11(2,3)4)6-7-10(12-8)13-5/h6-7H,1-5H3. The summed E-state index contributed by atoms with van der Waals surface area (Å²) in [6, 6.07) is 3.97. The highest BCUT2D eigenvalue weighted by Crippen LogP contribution is 2.33. The van der Waals surface area contributed by atoms with Crippen LogP contribution in [0.2, 0.25) is 0 Å². The van der Waals surface area contributed by atoms with E-state index in [-0.39, 0.29) is 4.75 Å². The highest BCUT2D eigenvalue weighted by Gasteiger charge is 2.14. The van der Waals surface area contributed by atoms with Gasteiger partial charge in [0.25, 0.3) is 0 Å². The van der Waals surface area contributed by atoms with E-state index in [0.29, 0.717) is 5.88 Å². The van der Waals surface area contributed by atoms with Crippen LogP contribution in [-0.2, 0) is 0 Å². The first-order valence-electron chi connectivity index (χ1n) is 4.63. The summed E-state index contributed by atoms with van der Waals surface area (Å²) in [7, 11) is 1.64. The van der Waals surface area contributed by atoms with E-state index in [1.807, 2.05) is 24.8 Å². The summed E-state index contributed by atoms with van der Waals surface area (Å²) in [6.45, 7) is 8.60. The van der Waals surface area contributed by atoms with Crippen molar-refractivity contribution in [3.63, 3.8) is 0 Å². The molecule has 78 valence electrons. The van der Waals surface area contributed by atoms with Crippen LogP contribution >= 0.6 is 11.8 Å². The smallest absolute Gasteiger partial charge is 0.213 e. The lowest BCUT2D eigenvalue weighted by atomic mass is 10.3. The quantitative estimate of drug-likeness (QED) is 0.701. The maximum Gasteiger partial charge on any atom is 0.213 e. The zero-order valence-electron chi connectivity index (χ0n) is 9.42. The molecule has 0 aliphatic rings. The van der Waals surface area contributed by atoms with Crippen LogP contribution in [-0.4, -0.2) is 16.8 Å². The van der Waals surface area contributed by atoms with E-state index in [4.69, 9.17) is 4.74 Å². The average Bonchev–Trinajstić information content (AvgIpc) is 2.06. The number of hydrogen-bond acceptors (Lipinski definition) is 3. The second-order valence-corrected chi connectivity index (χ2v) is 6.02. The van der Waals surface area contributed by atoms with Crippen LogP contribution in [0.1, 0.15) is 26.5 Å². The molecule has 0 bridgehead atoms. The molecule has 14 heavy (non-hydrogen) atoms. The monoisotopic (exact) mass is 211 g/mol. The predicted octanol–water partition coefficient (Wildman–Crippen LogP) is 3.29. The number of thioether (sulfide) groups is 1. The third kappa shape index (κ3) is 3.22. The number of pyridine rings is 1. The Labute approximate surface area is 90.1 Å². The summed E-state index contributed by atoms with van der Waals surface area (Å²) < 4.78 is 5.28. The van der Waals surface area contributed by atoms with E-state index in [1.54, 1.807) is 7.11 Å². The second kappa shape index (κ2) is 4.22. The van der Waals surface area contributed by atoms with Crippen molar-refractivity contribution in [3.8, 4) is 5.88 Å². The van der Waals surface area contributed by atoms with Gasteiger partial charge in [0.15, 0.2) is 0 Å². The Morgan fingerprint density at radius 1 is 1.29 bits per heavy atom. The minimum Gasteiger partial charge on any atom is -0.481 e. The molecule has 0 radical (unpaired) electrons. The zero-order chi connectivity index (χ0) is 10.8.